The Morgan fingerprint density at radius 2 is 1.44 bits per heavy atom. The molecule has 4 rings (SSSR count). The van der Waals surface area contributed by atoms with E-state index in [9.17, 15) is 9.90 Å². The summed E-state index contributed by atoms with van der Waals surface area (Å²) in [6.07, 6.45) is 18.8. The molecule has 0 aromatic heterocycles. The van der Waals surface area contributed by atoms with E-state index in [1.54, 1.807) is 12.5 Å². The van der Waals surface area contributed by atoms with Gasteiger partial charge >= 0.3 is 0 Å². The Hall–Kier alpha value is -2.60. The Balaban J connectivity index is 0.00000101. The van der Waals surface area contributed by atoms with E-state index in [4.69, 9.17) is 15.0 Å². The summed E-state index contributed by atoms with van der Waals surface area (Å²) in [5, 5.41) is 29.3. The predicted molar refractivity (Wildman–Crippen MR) is 190 cm³/mol. The molecule has 0 amide bonds. The van der Waals surface area contributed by atoms with E-state index in [-0.39, 0.29) is 12.7 Å². The van der Waals surface area contributed by atoms with Crippen LogP contribution < -0.4 is 0 Å². The lowest BCUT2D eigenvalue weighted by Crippen LogP contribution is -2.26. The fourth-order valence-corrected chi connectivity index (χ4v) is 7.07. The summed E-state index contributed by atoms with van der Waals surface area (Å²) in [5.74, 6) is 3.22. The van der Waals surface area contributed by atoms with Crippen LogP contribution in [-0.2, 0) is 16.0 Å². The maximum Gasteiger partial charge on any atom is 0.145 e. The molecule has 2 aliphatic carbocycles. The van der Waals surface area contributed by atoms with Gasteiger partial charge < -0.3 is 20.1 Å². The van der Waals surface area contributed by atoms with Gasteiger partial charge in [-0.05, 0) is 129 Å². The number of aliphatic hydroxyl groups excluding tert-OH is 3. The number of unbranched alkanes of at least 4 members (excludes halogenated alkanes) is 2. The molecule has 0 saturated heterocycles. The zero-order chi connectivity index (χ0) is 33.6. The van der Waals surface area contributed by atoms with Gasteiger partial charge in [-0.2, -0.15) is 0 Å². The molecule has 3 N–H and O–H groups in total. The first kappa shape index (κ1) is 40.4. The Bertz CT molecular complexity index is 1110. The maximum atomic E-state index is 10.4. The molecule has 45 heavy (non-hydrogen) atoms. The second kappa shape index (κ2) is 23.7. The Morgan fingerprint density at radius 3 is 2.00 bits per heavy atom. The number of hydrogen-bond donors (Lipinski definition) is 3. The lowest BCUT2D eigenvalue weighted by Gasteiger charge is -2.38. The van der Waals surface area contributed by atoms with Gasteiger partial charge in [0.15, 0.2) is 0 Å². The molecule has 2 aromatic rings. The first-order valence-corrected chi connectivity index (χ1v) is 17.1. The Kier molecular flexibility index (Phi) is 21.3. The summed E-state index contributed by atoms with van der Waals surface area (Å²) in [6.45, 7) is 13.1. The number of allylic oxidation sites excluding steroid dienone is 1. The Morgan fingerprint density at radius 1 is 0.889 bits per heavy atom. The number of aryl methyl sites for hydroxylation is 1. The van der Waals surface area contributed by atoms with E-state index in [0.717, 1.165) is 56.0 Å². The summed E-state index contributed by atoms with van der Waals surface area (Å²) >= 11 is 0. The second-order valence-corrected chi connectivity index (χ2v) is 13.1. The number of rotatable bonds is 13. The van der Waals surface area contributed by atoms with Crippen molar-refractivity contribution in [2.75, 3.05) is 13.7 Å². The van der Waals surface area contributed by atoms with Gasteiger partial charge in [0.25, 0.3) is 0 Å². The van der Waals surface area contributed by atoms with Crippen LogP contribution in [0.3, 0.4) is 0 Å². The van der Waals surface area contributed by atoms with Gasteiger partial charge in [-0.25, -0.2) is 0 Å². The van der Waals surface area contributed by atoms with Crippen LogP contribution in [0.2, 0.25) is 0 Å². The molecule has 2 aromatic carbocycles. The smallest absolute Gasteiger partial charge is 0.145 e. The standard InChI is InChI=1S/C34H50O2.C4H6O.CH4O.CH2O/c1-3-4-5-6-26-10-13-33-23-32(19-18-31(33)21-26)30-16-14-29(15-17-30)28-11-8-27(9-12-28)22-34(36)20-7-25(2)24-35;1-4(2)3-5;2*1-2/h10,13,18-19,21,23,27-30,34-36H,2-9,11-12,14-17,20,22,24H2,1H3;3H,1H2,2H3;2H,1H3;1H2. The van der Waals surface area contributed by atoms with Gasteiger partial charge in [0, 0.05) is 7.11 Å². The number of hydrogen-bond acceptors (Lipinski definition) is 5. The summed E-state index contributed by atoms with van der Waals surface area (Å²) in [7, 11) is 1.00. The first-order valence-electron chi connectivity index (χ1n) is 17.1. The van der Waals surface area contributed by atoms with Crippen LogP contribution in [0.5, 0.6) is 0 Å². The summed E-state index contributed by atoms with van der Waals surface area (Å²) in [6, 6.07) is 14.4. The molecule has 0 aliphatic heterocycles. The number of aliphatic hydroxyl groups is 3. The van der Waals surface area contributed by atoms with Crippen molar-refractivity contribution < 1.29 is 24.9 Å². The van der Waals surface area contributed by atoms with E-state index in [0.29, 0.717) is 11.5 Å². The lowest BCUT2D eigenvalue weighted by atomic mass is 9.67. The average molecular weight is 623 g/mol. The molecular formula is C40H62O5. The van der Waals surface area contributed by atoms with Gasteiger partial charge in [-0.1, -0.05) is 87.7 Å². The fourth-order valence-electron chi connectivity index (χ4n) is 7.07. The number of benzene rings is 2. The monoisotopic (exact) mass is 622 g/mol. The summed E-state index contributed by atoms with van der Waals surface area (Å²) in [5.41, 5.74) is 4.45. The lowest BCUT2D eigenvalue weighted by molar-refractivity contribution is -0.104. The van der Waals surface area contributed by atoms with Gasteiger partial charge in [0.2, 0.25) is 0 Å². The second-order valence-electron chi connectivity index (χ2n) is 13.1. The minimum atomic E-state index is -0.236. The van der Waals surface area contributed by atoms with E-state index in [2.05, 4.69) is 56.5 Å². The first-order chi connectivity index (χ1) is 21.8. The molecule has 0 heterocycles. The van der Waals surface area contributed by atoms with E-state index < -0.39 is 0 Å². The predicted octanol–water partition coefficient (Wildman–Crippen LogP) is 8.92. The topological polar surface area (TPSA) is 94.8 Å². The highest BCUT2D eigenvalue weighted by molar-refractivity contribution is 5.84. The van der Waals surface area contributed by atoms with E-state index in [1.807, 2.05) is 6.79 Å². The Labute approximate surface area is 273 Å². The molecule has 1 unspecified atom stereocenters. The minimum Gasteiger partial charge on any atom is -0.400 e. The minimum absolute atomic E-state index is 0.0426. The fraction of sp³-hybridized carbons (Fsp3) is 0.600. The van der Waals surface area contributed by atoms with Crippen molar-refractivity contribution in [1.29, 1.82) is 0 Å². The molecule has 2 saturated carbocycles. The van der Waals surface area contributed by atoms with E-state index >= 15 is 0 Å². The van der Waals surface area contributed by atoms with Crippen molar-refractivity contribution in [2.24, 2.45) is 17.8 Å². The van der Waals surface area contributed by atoms with Crippen LogP contribution in [0.25, 0.3) is 10.8 Å². The number of aldehydes is 1. The normalized spacial score (nSPS) is 21.5. The molecule has 252 valence electrons. The van der Waals surface area contributed by atoms with Crippen LogP contribution in [0.15, 0.2) is 60.7 Å². The van der Waals surface area contributed by atoms with Gasteiger partial charge in [0.05, 0.1) is 12.7 Å². The SMILES string of the molecule is C=C(C)C=O.C=C(CO)CCC(O)CC1CCC(C2CCC(c3ccc4cc(CCCCC)ccc4c3)CC2)CC1.C=O.CO. The number of carbonyl (C=O) groups is 2. The molecule has 5 heteroatoms. The van der Waals surface area contributed by atoms with Crippen molar-refractivity contribution >= 4 is 23.8 Å². The number of carbonyl (C=O) groups excluding carboxylic acids is 2. The van der Waals surface area contributed by atoms with Crippen LogP contribution in [0.4, 0.5) is 0 Å². The van der Waals surface area contributed by atoms with Gasteiger partial charge in [0.1, 0.15) is 13.1 Å². The van der Waals surface area contributed by atoms with Crippen molar-refractivity contribution in [3.05, 3.63) is 71.8 Å². The van der Waals surface area contributed by atoms with E-state index in [1.165, 1.54) is 93.4 Å². The quantitative estimate of drug-likeness (QED) is 0.0897. The van der Waals surface area contributed by atoms with Crippen LogP contribution in [0, 0.1) is 17.8 Å². The third kappa shape index (κ3) is 15.0. The summed E-state index contributed by atoms with van der Waals surface area (Å²) < 4.78 is 0. The molecule has 5 nitrogen and oxygen atoms in total. The third-order valence-electron chi connectivity index (χ3n) is 9.66. The van der Waals surface area contributed by atoms with Crippen LogP contribution >= 0.6 is 0 Å². The zero-order valence-electron chi connectivity index (χ0n) is 28.5. The van der Waals surface area contributed by atoms with Crippen LogP contribution in [0.1, 0.15) is 121 Å². The molecule has 2 fully saturated rings. The van der Waals surface area contributed by atoms with Crippen LogP contribution in [-0.4, -0.2) is 48.2 Å². The maximum absolute atomic E-state index is 10.4. The van der Waals surface area contributed by atoms with Gasteiger partial charge in [-0.3, -0.25) is 4.79 Å². The third-order valence-corrected chi connectivity index (χ3v) is 9.66. The average Bonchev–Trinajstić information content (AvgIpc) is 3.09. The highest BCUT2D eigenvalue weighted by Crippen LogP contribution is 2.45. The molecule has 2 aliphatic rings. The highest BCUT2D eigenvalue weighted by atomic mass is 16.3. The van der Waals surface area contributed by atoms with Crippen molar-refractivity contribution in [3.63, 3.8) is 0 Å². The molecule has 0 bridgehead atoms. The van der Waals surface area contributed by atoms with Crippen molar-refractivity contribution in [1.82, 2.24) is 0 Å². The molecule has 0 radical (unpaired) electrons. The molecular weight excluding hydrogens is 560 g/mol. The number of fused-ring (bicyclic) bond motifs is 1. The largest absolute Gasteiger partial charge is 0.400 e. The van der Waals surface area contributed by atoms with Crippen molar-refractivity contribution in [3.8, 4) is 0 Å². The van der Waals surface area contributed by atoms with Crippen molar-refractivity contribution in [2.45, 2.75) is 122 Å². The highest BCUT2D eigenvalue weighted by Gasteiger charge is 2.31. The zero-order valence-corrected chi connectivity index (χ0v) is 28.5. The molecule has 0 spiro atoms. The van der Waals surface area contributed by atoms with Gasteiger partial charge in [-0.15, -0.1) is 0 Å². The molecule has 1 atom stereocenters. The summed E-state index contributed by atoms with van der Waals surface area (Å²) in [4.78, 5) is 17.4.